The quantitative estimate of drug-likeness (QED) is 0.194. The van der Waals surface area contributed by atoms with Gasteiger partial charge in [0.1, 0.15) is 27.2 Å². The largest absolute Gasteiger partial charge is 1.00 e. The van der Waals surface area contributed by atoms with Crippen LogP contribution in [0.2, 0.25) is 0 Å². The van der Waals surface area contributed by atoms with Crippen LogP contribution >= 0.6 is 0 Å². The van der Waals surface area contributed by atoms with E-state index in [1.807, 2.05) is 38.1 Å². The summed E-state index contributed by atoms with van der Waals surface area (Å²) < 4.78 is 40.9. The maximum Gasteiger partial charge on any atom is 1.00 e. The molecule has 2 N–H and O–H groups in total. The second-order valence-corrected chi connectivity index (χ2v) is 8.95. The Morgan fingerprint density at radius 3 is 2.24 bits per heavy atom. The molecule has 8 nitrogen and oxygen atoms in total. The molecule has 0 saturated carbocycles. The number of anilines is 1. The van der Waals surface area contributed by atoms with Gasteiger partial charge in [0.25, 0.3) is 0 Å². The maximum absolute atomic E-state index is 11.7. The number of nitrogens with two attached hydrogens (primary N) is 1. The third kappa shape index (κ3) is 5.81. The van der Waals surface area contributed by atoms with E-state index in [-0.39, 0.29) is 57.3 Å². The fourth-order valence-corrected chi connectivity index (χ4v) is 4.05. The van der Waals surface area contributed by atoms with E-state index in [4.69, 9.17) is 10.5 Å². The number of hydrogen-bond acceptors (Lipinski definition) is 8. The van der Waals surface area contributed by atoms with Crippen molar-refractivity contribution in [2.24, 2.45) is 10.2 Å². The number of aromatic nitrogens is 1. The fraction of sp³-hybridized carbons (Fsp3) is 0.125. The minimum Gasteiger partial charge on any atom is -0.744 e. The molecular formula is C24H21N4NaO4S. The smallest absolute Gasteiger partial charge is 0.744 e. The van der Waals surface area contributed by atoms with Gasteiger partial charge in [0.05, 0.1) is 28.6 Å². The number of ether oxygens (including phenoxy) is 1. The zero-order chi connectivity index (χ0) is 23.6. The Kier molecular flexibility index (Phi) is 8.06. The van der Waals surface area contributed by atoms with Crippen molar-refractivity contribution in [3.05, 3.63) is 72.9 Å². The van der Waals surface area contributed by atoms with Gasteiger partial charge in [0.2, 0.25) is 0 Å². The van der Waals surface area contributed by atoms with Crippen LogP contribution in [0.5, 0.6) is 5.75 Å². The third-order valence-electron chi connectivity index (χ3n) is 4.84. The molecule has 0 aliphatic heterocycles. The molecule has 0 spiro atoms. The summed E-state index contributed by atoms with van der Waals surface area (Å²) >= 11 is 0. The van der Waals surface area contributed by atoms with Crippen molar-refractivity contribution < 1.29 is 47.3 Å². The first kappa shape index (κ1) is 25.8. The molecule has 10 heteroatoms. The van der Waals surface area contributed by atoms with Crippen molar-refractivity contribution >= 4 is 38.0 Å². The molecule has 168 valence electrons. The van der Waals surface area contributed by atoms with Crippen molar-refractivity contribution in [1.82, 2.24) is 4.98 Å². The Morgan fingerprint density at radius 2 is 1.65 bits per heavy atom. The van der Waals surface area contributed by atoms with E-state index in [0.717, 1.165) is 23.1 Å². The van der Waals surface area contributed by atoms with Gasteiger partial charge in [-0.2, -0.15) is 0 Å². The SMILES string of the molecule is CC(C)Oc1ccc(-c2ccc(N=Nc3cc(S(=O)(=O)[O-])c4ccccc4c3N)cn2)cc1.[Na+]. The second-order valence-electron chi connectivity index (χ2n) is 7.60. The van der Waals surface area contributed by atoms with Crippen LogP contribution in [0, 0.1) is 0 Å². The summed E-state index contributed by atoms with van der Waals surface area (Å²) in [6.45, 7) is 3.93. The number of benzene rings is 3. The van der Waals surface area contributed by atoms with Crippen molar-refractivity contribution in [3.63, 3.8) is 0 Å². The number of pyridine rings is 1. The number of azo groups is 1. The molecule has 34 heavy (non-hydrogen) atoms. The van der Waals surface area contributed by atoms with Crippen LogP contribution in [0.15, 0.2) is 88.1 Å². The van der Waals surface area contributed by atoms with Gasteiger partial charge in [-0.25, -0.2) is 8.42 Å². The van der Waals surface area contributed by atoms with E-state index >= 15 is 0 Å². The van der Waals surface area contributed by atoms with Crippen LogP contribution in [0.4, 0.5) is 17.1 Å². The minimum absolute atomic E-state index is 0. The van der Waals surface area contributed by atoms with Crippen molar-refractivity contribution in [1.29, 1.82) is 0 Å². The Labute approximate surface area is 219 Å². The maximum atomic E-state index is 11.7. The van der Waals surface area contributed by atoms with E-state index in [0.29, 0.717) is 11.1 Å². The standard InChI is InChI=1S/C24H22N4O4S.Na/c1-15(2)32-18-10-7-16(8-11-18)21-12-9-17(14-26-21)27-28-22-13-23(33(29,30)31)19-5-3-4-6-20(19)24(22)25;/h3-15H,25H2,1-2H3,(H,29,30,31);/q;+1/p-1. The Hall–Kier alpha value is -2.82. The van der Waals surface area contributed by atoms with E-state index in [9.17, 15) is 13.0 Å². The van der Waals surface area contributed by atoms with Crippen LogP contribution in [0.25, 0.3) is 22.0 Å². The molecule has 4 aromatic rings. The molecule has 4 rings (SSSR count). The first-order valence-corrected chi connectivity index (χ1v) is 11.6. The molecule has 0 atom stereocenters. The Balaban J connectivity index is 0.00000324. The summed E-state index contributed by atoms with van der Waals surface area (Å²) in [4.78, 5) is 4.02. The van der Waals surface area contributed by atoms with E-state index in [1.165, 1.54) is 6.07 Å². The second kappa shape index (κ2) is 10.6. The predicted octanol–water partition coefficient (Wildman–Crippen LogP) is 2.59. The topological polar surface area (TPSA) is 130 Å². The fourth-order valence-electron chi connectivity index (χ4n) is 3.34. The molecule has 1 aromatic heterocycles. The normalized spacial score (nSPS) is 11.6. The van der Waals surface area contributed by atoms with Crippen LogP contribution < -0.4 is 40.0 Å². The number of fused-ring (bicyclic) bond motifs is 1. The summed E-state index contributed by atoms with van der Waals surface area (Å²) in [7, 11) is -4.73. The van der Waals surface area contributed by atoms with Crippen LogP contribution in [-0.4, -0.2) is 24.1 Å². The van der Waals surface area contributed by atoms with E-state index < -0.39 is 10.1 Å². The van der Waals surface area contributed by atoms with Crippen molar-refractivity contribution in [2.45, 2.75) is 24.8 Å². The van der Waals surface area contributed by atoms with Crippen molar-refractivity contribution in [3.8, 4) is 17.0 Å². The molecule has 0 radical (unpaired) electrons. The summed E-state index contributed by atoms with van der Waals surface area (Å²) in [5.74, 6) is 0.784. The Morgan fingerprint density at radius 1 is 0.971 bits per heavy atom. The van der Waals surface area contributed by atoms with Gasteiger partial charge in [-0.15, -0.1) is 10.2 Å². The molecule has 0 amide bonds. The number of nitrogens with zero attached hydrogens (tertiary/aromatic N) is 3. The number of hydrogen-bond donors (Lipinski definition) is 1. The minimum atomic E-state index is -4.73. The van der Waals surface area contributed by atoms with Gasteiger partial charge in [-0.05, 0) is 56.3 Å². The van der Waals surface area contributed by atoms with Gasteiger partial charge in [0, 0.05) is 16.3 Å². The first-order valence-electron chi connectivity index (χ1n) is 10.1. The van der Waals surface area contributed by atoms with Gasteiger partial charge in [-0.3, -0.25) is 4.98 Å². The molecule has 3 aromatic carbocycles. The number of nitrogen functional groups attached to an aromatic ring is 1. The molecule has 0 saturated heterocycles. The Bertz CT molecular complexity index is 1440. The number of rotatable bonds is 6. The average molecular weight is 485 g/mol. The predicted molar refractivity (Wildman–Crippen MR) is 126 cm³/mol. The monoisotopic (exact) mass is 484 g/mol. The van der Waals surface area contributed by atoms with Crippen molar-refractivity contribution in [2.75, 3.05) is 5.73 Å². The molecule has 1 heterocycles. The molecule has 0 aliphatic carbocycles. The van der Waals surface area contributed by atoms with Crippen LogP contribution in [0.1, 0.15) is 13.8 Å². The molecule has 0 unspecified atom stereocenters. The zero-order valence-corrected chi connectivity index (χ0v) is 21.8. The van der Waals surface area contributed by atoms with Gasteiger partial charge >= 0.3 is 29.6 Å². The third-order valence-corrected chi connectivity index (χ3v) is 5.72. The molecular weight excluding hydrogens is 463 g/mol. The zero-order valence-electron chi connectivity index (χ0n) is 19.0. The summed E-state index contributed by atoms with van der Waals surface area (Å²) in [5, 5.41) is 8.86. The average Bonchev–Trinajstić information content (AvgIpc) is 2.78. The molecule has 0 fully saturated rings. The van der Waals surface area contributed by atoms with Gasteiger partial charge < -0.3 is 15.0 Å². The summed E-state index contributed by atoms with van der Waals surface area (Å²) in [5.41, 5.74) is 8.59. The van der Waals surface area contributed by atoms with Crippen LogP contribution in [0.3, 0.4) is 0 Å². The summed E-state index contributed by atoms with van der Waals surface area (Å²) in [6.07, 6.45) is 1.64. The van der Waals surface area contributed by atoms with Gasteiger partial charge in [-0.1, -0.05) is 24.3 Å². The molecule has 0 aliphatic rings. The van der Waals surface area contributed by atoms with Crippen LogP contribution in [-0.2, 0) is 10.1 Å². The van der Waals surface area contributed by atoms with E-state index in [2.05, 4.69) is 15.2 Å². The van der Waals surface area contributed by atoms with Gasteiger partial charge in [0.15, 0.2) is 0 Å². The first-order chi connectivity index (χ1) is 15.7. The van der Waals surface area contributed by atoms with E-state index in [1.54, 1.807) is 36.5 Å². The summed E-state index contributed by atoms with van der Waals surface area (Å²) in [6, 6.07) is 18.8. The molecule has 0 bridgehead atoms.